The number of nitrogens with one attached hydrogen (secondary N) is 2. The van der Waals surface area contributed by atoms with Crippen LogP contribution in [0.2, 0.25) is 0 Å². The number of fused-ring (bicyclic) bond motifs is 1. The van der Waals surface area contributed by atoms with E-state index >= 15 is 0 Å². The Morgan fingerprint density at radius 1 is 1.26 bits per heavy atom. The number of amides is 2. The van der Waals surface area contributed by atoms with Gasteiger partial charge in [-0.05, 0) is 49.1 Å². The first-order valence-electron chi connectivity index (χ1n) is 10.0. The standard InChI is InChI=1S/C22H24N4O4S/c1-26(2)15-10-8-14(9-11-15)13-23-22(28)30-16-5-3-7-18-19(16)24-21(31-18)25-20(27)17-6-4-12-29-17/h4,6,8-12,16H,3,5,7,13H2,1-2H3,(H,23,28)(H,24,25,27). The van der Waals surface area contributed by atoms with Crippen LogP contribution in [-0.4, -0.2) is 31.1 Å². The Hall–Kier alpha value is -3.33. The van der Waals surface area contributed by atoms with Crippen molar-refractivity contribution in [3.05, 3.63) is 64.6 Å². The third-order valence-corrected chi connectivity index (χ3v) is 6.05. The van der Waals surface area contributed by atoms with E-state index in [1.165, 1.54) is 17.6 Å². The average Bonchev–Trinajstić information content (AvgIpc) is 3.43. The number of thiazole rings is 1. The summed E-state index contributed by atoms with van der Waals surface area (Å²) in [6.45, 7) is 0.383. The first-order chi connectivity index (χ1) is 15.0. The van der Waals surface area contributed by atoms with Crippen LogP contribution < -0.4 is 15.5 Å². The van der Waals surface area contributed by atoms with Crippen molar-refractivity contribution >= 4 is 34.2 Å². The number of hydrogen-bond acceptors (Lipinski definition) is 7. The topological polar surface area (TPSA) is 96.7 Å². The van der Waals surface area contributed by atoms with Gasteiger partial charge in [0, 0.05) is 31.2 Å². The molecule has 1 aliphatic carbocycles. The highest BCUT2D eigenvalue weighted by Crippen LogP contribution is 2.37. The largest absolute Gasteiger partial charge is 0.459 e. The second kappa shape index (κ2) is 9.22. The number of aromatic nitrogens is 1. The summed E-state index contributed by atoms with van der Waals surface area (Å²) in [4.78, 5) is 32.1. The summed E-state index contributed by atoms with van der Waals surface area (Å²) in [5, 5.41) is 6.03. The summed E-state index contributed by atoms with van der Waals surface area (Å²) in [6.07, 6.45) is 2.98. The third-order valence-electron chi connectivity index (χ3n) is 5.01. The van der Waals surface area contributed by atoms with Gasteiger partial charge in [0.2, 0.25) is 0 Å². The SMILES string of the molecule is CN(C)c1ccc(CNC(=O)OC2CCCc3sc(NC(=O)c4ccco4)nc32)cc1. The molecule has 3 aromatic rings. The average molecular weight is 441 g/mol. The summed E-state index contributed by atoms with van der Waals surface area (Å²) in [7, 11) is 3.96. The molecule has 0 spiro atoms. The molecule has 1 atom stereocenters. The first-order valence-corrected chi connectivity index (χ1v) is 10.9. The van der Waals surface area contributed by atoms with Crippen LogP contribution in [-0.2, 0) is 17.7 Å². The van der Waals surface area contributed by atoms with Crippen molar-refractivity contribution in [2.24, 2.45) is 0 Å². The lowest BCUT2D eigenvalue weighted by atomic mass is 10.0. The van der Waals surface area contributed by atoms with Gasteiger partial charge in [-0.25, -0.2) is 9.78 Å². The Labute approximate surface area is 184 Å². The molecule has 1 unspecified atom stereocenters. The number of aryl methyl sites for hydroxylation is 1. The lowest BCUT2D eigenvalue weighted by Gasteiger charge is -2.21. The molecule has 1 aliphatic rings. The Kier molecular flexibility index (Phi) is 6.22. The maximum absolute atomic E-state index is 12.4. The molecular weight excluding hydrogens is 416 g/mol. The van der Waals surface area contributed by atoms with Gasteiger partial charge in [-0.3, -0.25) is 10.1 Å². The minimum Gasteiger partial charge on any atom is -0.459 e. The molecule has 0 radical (unpaired) electrons. The fourth-order valence-electron chi connectivity index (χ4n) is 3.37. The minimum absolute atomic E-state index is 0.221. The molecule has 31 heavy (non-hydrogen) atoms. The van der Waals surface area contributed by atoms with Crippen molar-refractivity contribution in [2.45, 2.75) is 31.9 Å². The Morgan fingerprint density at radius 3 is 2.77 bits per heavy atom. The van der Waals surface area contributed by atoms with Crippen molar-refractivity contribution in [1.29, 1.82) is 0 Å². The first kappa shape index (κ1) is 20.9. The van der Waals surface area contributed by atoms with Crippen LogP contribution in [0.3, 0.4) is 0 Å². The van der Waals surface area contributed by atoms with Gasteiger partial charge < -0.3 is 19.4 Å². The fourth-order valence-corrected chi connectivity index (χ4v) is 4.42. The zero-order valence-corrected chi connectivity index (χ0v) is 18.2. The number of ether oxygens (including phenoxy) is 1. The highest BCUT2D eigenvalue weighted by molar-refractivity contribution is 7.15. The molecule has 0 fully saturated rings. The zero-order valence-electron chi connectivity index (χ0n) is 17.4. The molecule has 0 saturated carbocycles. The van der Waals surface area contributed by atoms with Gasteiger partial charge in [-0.2, -0.15) is 0 Å². The number of hydrogen-bond donors (Lipinski definition) is 2. The second-order valence-corrected chi connectivity index (χ2v) is 8.54. The van der Waals surface area contributed by atoms with E-state index in [-0.39, 0.29) is 11.7 Å². The number of anilines is 2. The Bertz CT molecular complexity index is 1040. The normalized spacial score (nSPS) is 15.1. The molecule has 4 rings (SSSR count). The van der Waals surface area contributed by atoms with E-state index in [4.69, 9.17) is 9.15 Å². The van der Waals surface area contributed by atoms with E-state index in [9.17, 15) is 9.59 Å². The molecule has 1 aromatic carbocycles. The van der Waals surface area contributed by atoms with Crippen molar-refractivity contribution in [1.82, 2.24) is 10.3 Å². The highest BCUT2D eigenvalue weighted by atomic mass is 32.1. The van der Waals surface area contributed by atoms with Crippen LogP contribution in [0.4, 0.5) is 15.6 Å². The quantitative estimate of drug-likeness (QED) is 0.591. The summed E-state index contributed by atoms with van der Waals surface area (Å²) in [5.41, 5.74) is 2.81. The van der Waals surface area contributed by atoms with Crippen LogP contribution in [0.5, 0.6) is 0 Å². The molecule has 0 saturated heterocycles. The zero-order chi connectivity index (χ0) is 21.8. The number of alkyl carbamates (subject to hydrolysis) is 1. The molecule has 2 N–H and O–H groups in total. The number of benzene rings is 1. The Balaban J connectivity index is 1.35. The second-order valence-electron chi connectivity index (χ2n) is 7.46. The van der Waals surface area contributed by atoms with Crippen LogP contribution in [0, 0.1) is 0 Å². The smallest absolute Gasteiger partial charge is 0.408 e. The van der Waals surface area contributed by atoms with Crippen LogP contribution in [0.25, 0.3) is 0 Å². The van der Waals surface area contributed by atoms with Crippen molar-refractivity contribution in [3.63, 3.8) is 0 Å². The summed E-state index contributed by atoms with van der Waals surface area (Å²) in [6, 6.07) is 11.2. The number of carbonyl (C=O) groups excluding carboxylic acids is 2. The van der Waals surface area contributed by atoms with Crippen LogP contribution >= 0.6 is 11.3 Å². The van der Waals surface area contributed by atoms with Gasteiger partial charge in [0.1, 0.15) is 6.10 Å². The van der Waals surface area contributed by atoms with E-state index in [2.05, 4.69) is 15.6 Å². The summed E-state index contributed by atoms with van der Waals surface area (Å²) >= 11 is 1.41. The molecule has 162 valence electrons. The fraction of sp³-hybridized carbons (Fsp3) is 0.318. The van der Waals surface area contributed by atoms with Crippen molar-refractivity contribution in [2.75, 3.05) is 24.3 Å². The molecule has 2 aromatic heterocycles. The van der Waals surface area contributed by atoms with Crippen molar-refractivity contribution in [3.8, 4) is 0 Å². The highest BCUT2D eigenvalue weighted by Gasteiger charge is 2.28. The van der Waals surface area contributed by atoms with E-state index in [1.54, 1.807) is 12.1 Å². The van der Waals surface area contributed by atoms with Crippen molar-refractivity contribution < 1.29 is 18.7 Å². The molecule has 9 heteroatoms. The minimum atomic E-state index is -0.483. The maximum atomic E-state index is 12.4. The molecule has 2 amide bonds. The van der Waals surface area contributed by atoms with Gasteiger partial charge in [-0.15, -0.1) is 11.3 Å². The van der Waals surface area contributed by atoms with Gasteiger partial charge >= 0.3 is 6.09 Å². The van der Waals surface area contributed by atoms with E-state index in [0.29, 0.717) is 18.1 Å². The Morgan fingerprint density at radius 2 is 2.06 bits per heavy atom. The number of furan rings is 1. The van der Waals surface area contributed by atoms with Gasteiger partial charge in [0.25, 0.3) is 5.91 Å². The van der Waals surface area contributed by atoms with Gasteiger partial charge in [0.05, 0.1) is 12.0 Å². The number of nitrogens with zero attached hydrogens (tertiary/aromatic N) is 2. The summed E-state index contributed by atoms with van der Waals surface area (Å²) in [5.74, 6) is -0.134. The van der Waals surface area contributed by atoms with Crippen LogP contribution in [0.1, 0.15) is 45.6 Å². The summed E-state index contributed by atoms with van der Waals surface area (Å²) < 4.78 is 10.8. The van der Waals surface area contributed by atoms with E-state index in [1.807, 2.05) is 43.3 Å². The molecular formula is C22H24N4O4S. The lowest BCUT2D eigenvalue weighted by Crippen LogP contribution is -2.27. The third kappa shape index (κ3) is 5.05. The van der Waals surface area contributed by atoms with E-state index in [0.717, 1.165) is 34.7 Å². The van der Waals surface area contributed by atoms with Crippen LogP contribution in [0.15, 0.2) is 47.1 Å². The molecule has 2 heterocycles. The van der Waals surface area contributed by atoms with Gasteiger partial charge in [-0.1, -0.05) is 12.1 Å². The molecule has 0 bridgehead atoms. The number of carbonyl (C=O) groups is 2. The number of rotatable bonds is 6. The van der Waals surface area contributed by atoms with E-state index < -0.39 is 12.2 Å². The molecule has 8 nitrogen and oxygen atoms in total. The predicted octanol–water partition coefficient (Wildman–Crippen LogP) is 4.36. The lowest BCUT2D eigenvalue weighted by molar-refractivity contribution is 0.0850. The van der Waals surface area contributed by atoms with Gasteiger partial charge in [0.15, 0.2) is 10.9 Å². The monoisotopic (exact) mass is 440 g/mol. The molecule has 0 aliphatic heterocycles. The maximum Gasteiger partial charge on any atom is 0.408 e. The predicted molar refractivity (Wildman–Crippen MR) is 119 cm³/mol.